The van der Waals surface area contributed by atoms with Gasteiger partial charge in [-0.1, -0.05) is 19.9 Å². The van der Waals surface area contributed by atoms with Gasteiger partial charge in [0.25, 0.3) is 0 Å². The zero-order valence-corrected chi connectivity index (χ0v) is 12.6. The van der Waals surface area contributed by atoms with E-state index in [1.54, 1.807) is 7.11 Å². The molecule has 1 aromatic rings. The Morgan fingerprint density at radius 2 is 2.05 bits per heavy atom. The number of carbonyl (C=O) groups is 1. The predicted molar refractivity (Wildman–Crippen MR) is 81.0 cm³/mol. The molecule has 0 spiro atoms. The van der Waals surface area contributed by atoms with E-state index in [-0.39, 0.29) is 5.91 Å². The molecular formula is C16H24N2O2. The van der Waals surface area contributed by atoms with Crippen LogP contribution in [0.4, 0.5) is 5.69 Å². The summed E-state index contributed by atoms with van der Waals surface area (Å²) in [6.45, 7) is 6.99. The van der Waals surface area contributed by atoms with Gasteiger partial charge in [-0.2, -0.15) is 0 Å². The third-order valence-corrected chi connectivity index (χ3v) is 3.67. The first-order valence-corrected chi connectivity index (χ1v) is 7.23. The maximum absolute atomic E-state index is 12.1. The van der Waals surface area contributed by atoms with Crippen molar-refractivity contribution < 1.29 is 9.53 Å². The van der Waals surface area contributed by atoms with Crippen LogP contribution in [0, 0.1) is 11.8 Å². The minimum absolute atomic E-state index is 0.0413. The lowest BCUT2D eigenvalue weighted by Gasteiger charge is -2.34. The van der Waals surface area contributed by atoms with Crippen LogP contribution in [0.25, 0.3) is 0 Å². The number of hydrogen-bond donors (Lipinski definition) is 1. The highest BCUT2D eigenvalue weighted by atomic mass is 16.5. The van der Waals surface area contributed by atoms with Crippen LogP contribution in [0.5, 0.6) is 5.75 Å². The van der Waals surface area contributed by atoms with Gasteiger partial charge < -0.3 is 10.1 Å². The Balaban J connectivity index is 1.88. The summed E-state index contributed by atoms with van der Waals surface area (Å²) in [5.41, 5.74) is 0.785. The van der Waals surface area contributed by atoms with Gasteiger partial charge >= 0.3 is 0 Å². The van der Waals surface area contributed by atoms with Gasteiger partial charge in [0.1, 0.15) is 5.75 Å². The largest absolute Gasteiger partial charge is 0.497 e. The van der Waals surface area contributed by atoms with Gasteiger partial charge in [0.2, 0.25) is 5.91 Å². The van der Waals surface area contributed by atoms with Crippen molar-refractivity contribution in [2.75, 3.05) is 32.1 Å². The Kier molecular flexibility index (Phi) is 5.01. The molecule has 0 saturated carbocycles. The molecule has 110 valence electrons. The van der Waals surface area contributed by atoms with Crippen LogP contribution < -0.4 is 10.1 Å². The minimum atomic E-state index is 0.0413. The van der Waals surface area contributed by atoms with E-state index in [9.17, 15) is 4.79 Å². The predicted octanol–water partition coefficient (Wildman–Crippen LogP) is 2.61. The van der Waals surface area contributed by atoms with Crippen LogP contribution in [0.3, 0.4) is 0 Å². The third kappa shape index (κ3) is 4.23. The fraction of sp³-hybridized carbons (Fsp3) is 0.562. The van der Waals surface area contributed by atoms with E-state index in [0.29, 0.717) is 18.4 Å². The van der Waals surface area contributed by atoms with Crippen LogP contribution in [0.15, 0.2) is 24.3 Å². The van der Waals surface area contributed by atoms with E-state index < -0.39 is 0 Å². The Morgan fingerprint density at radius 1 is 1.35 bits per heavy atom. The summed E-state index contributed by atoms with van der Waals surface area (Å²) in [6.07, 6.45) is 1.26. The number of ether oxygens (including phenoxy) is 1. The number of likely N-dealkylation sites (tertiary alicyclic amines) is 1. The second-order valence-electron chi connectivity index (χ2n) is 5.92. The van der Waals surface area contributed by atoms with Crippen molar-refractivity contribution in [1.29, 1.82) is 0 Å². The smallest absolute Gasteiger partial charge is 0.238 e. The monoisotopic (exact) mass is 276 g/mol. The van der Waals surface area contributed by atoms with E-state index >= 15 is 0 Å². The standard InChI is InChI=1S/C16H24N2O2/c1-12-7-13(2)10-18(9-12)11-16(19)17-14-5-4-6-15(8-14)20-3/h4-6,8,12-13H,7,9-11H2,1-3H3,(H,17,19)/t12-,13-/m0/s1. The first kappa shape index (κ1) is 14.9. The Morgan fingerprint density at radius 3 is 2.70 bits per heavy atom. The second-order valence-corrected chi connectivity index (χ2v) is 5.92. The molecule has 2 atom stereocenters. The minimum Gasteiger partial charge on any atom is -0.497 e. The van der Waals surface area contributed by atoms with Crippen molar-refractivity contribution in [3.8, 4) is 5.75 Å². The van der Waals surface area contributed by atoms with Gasteiger partial charge in [-0.3, -0.25) is 9.69 Å². The third-order valence-electron chi connectivity index (χ3n) is 3.67. The Labute approximate surface area is 121 Å². The van der Waals surface area contributed by atoms with E-state index in [1.165, 1.54) is 6.42 Å². The molecule has 1 saturated heterocycles. The Bertz CT molecular complexity index is 452. The lowest BCUT2D eigenvalue weighted by molar-refractivity contribution is -0.117. The molecule has 1 fully saturated rings. The number of benzene rings is 1. The number of amides is 1. The number of nitrogens with zero attached hydrogens (tertiary/aromatic N) is 1. The van der Waals surface area contributed by atoms with E-state index in [0.717, 1.165) is 24.5 Å². The fourth-order valence-electron chi connectivity index (χ4n) is 3.03. The molecule has 0 bridgehead atoms. The maximum Gasteiger partial charge on any atom is 0.238 e. The van der Waals surface area contributed by atoms with Gasteiger partial charge in [-0.15, -0.1) is 0 Å². The summed E-state index contributed by atoms with van der Waals surface area (Å²) in [7, 11) is 1.62. The molecule has 0 radical (unpaired) electrons. The summed E-state index contributed by atoms with van der Waals surface area (Å²) in [4.78, 5) is 14.3. The average Bonchev–Trinajstić information content (AvgIpc) is 2.37. The number of methoxy groups -OCH3 is 1. The summed E-state index contributed by atoms with van der Waals surface area (Å²) >= 11 is 0. The van der Waals surface area contributed by atoms with Gasteiger partial charge in [-0.25, -0.2) is 0 Å². The molecule has 1 aliphatic rings. The summed E-state index contributed by atoms with van der Waals surface area (Å²) < 4.78 is 5.15. The maximum atomic E-state index is 12.1. The number of carbonyl (C=O) groups excluding carboxylic acids is 1. The summed E-state index contributed by atoms with van der Waals surface area (Å²) in [5.74, 6) is 2.13. The van der Waals surface area contributed by atoms with Crippen molar-refractivity contribution in [2.24, 2.45) is 11.8 Å². The van der Waals surface area contributed by atoms with Gasteiger partial charge in [-0.05, 0) is 30.4 Å². The molecule has 20 heavy (non-hydrogen) atoms. The van der Waals surface area contributed by atoms with Crippen molar-refractivity contribution in [3.05, 3.63) is 24.3 Å². The Hall–Kier alpha value is -1.55. The molecule has 4 nitrogen and oxygen atoms in total. The molecule has 1 N–H and O–H groups in total. The summed E-state index contributed by atoms with van der Waals surface area (Å²) in [5, 5.41) is 2.93. The molecule has 1 amide bonds. The topological polar surface area (TPSA) is 41.6 Å². The van der Waals surface area contributed by atoms with Gasteiger partial charge in [0.15, 0.2) is 0 Å². The molecule has 0 aromatic heterocycles. The van der Waals surface area contributed by atoms with Gasteiger partial charge in [0, 0.05) is 24.8 Å². The fourth-order valence-corrected chi connectivity index (χ4v) is 3.03. The highest BCUT2D eigenvalue weighted by molar-refractivity contribution is 5.92. The molecule has 4 heteroatoms. The number of piperidine rings is 1. The van der Waals surface area contributed by atoms with E-state index in [4.69, 9.17) is 4.74 Å². The molecule has 1 aromatic carbocycles. The number of anilines is 1. The highest BCUT2D eigenvalue weighted by Gasteiger charge is 2.23. The van der Waals surface area contributed by atoms with Crippen LogP contribution in [-0.2, 0) is 4.79 Å². The zero-order valence-electron chi connectivity index (χ0n) is 12.6. The normalized spacial score (nSPS) is 23.4. The van der Waals surface area contributed by atoms with Crippen molar-refractivity contribution in [1.82, 2.24) is 4.90 Å². The highest BCUT2D eigenvalue weighted by Crippen LogP contribution is 2.21. The van der Waals surface area contributed by atoms with E-state index in [1.807, 2.05) is 24.3 Å². The van der Waals surface area contributed by atoms with Crippen molar-refractivity contribution >= 4 is 11.6 Å². The van der Waals surface area contributed by atoms with Crippen LogP contribution in [-0.4, -0.2) is 37.6 Å². The SMILES string of the molecule is COc1cccc(NC(=O)CN2C[C@@H](C)C[C@H](C)C2)c1. The molecule has 1 heterocycles. The molecular weight excluding hydrogens is 252 g/mol. The molecule has 0 unspecified atom stereocenters. The second kappa shape index (κ2) is 6.75. The lowest BCUT2D eigenvalue weighted by atomic mass is 9.92. The van der Waals surface area contributed by atoms with Crippen LogP contribution >= 0.6 is 0 Å². The first-order valence-electron chi connectivity index (χ1n) is 7.23. The molecule has 0 aliphatic carbocycles. The summed E-state index contributed by atoms with van der Waals surface area (Å²) in [6, 6.07) is 7.45. The first-order chi connectivity index (χ1) is 9.56. The lowest BCUT2D eigenvalue weighted by Crippen LogP contribution is -2.42. The van der Waals surface area contributed by atoms with Crippen LogP contribution in [0.1, 0.15) is 20.3 Å². The van der Waals surface area contributed by atoms with Crippen LogP contribution in [0.2, 0.25) is 0 Å². The van der Waals surface area contributed by atoms with E-state index in [2.05, 4.69) is 24.1 Å². The number of rotatable bonds is 4. The van der Waals surface area contributed by atoms with Crippen molar-refractivity contribution in [3.63, 3.8) is 0 Å². The quantitative estimate of drug-likeness (QED) is 0.919. The number of nitrogens with one attached hydrogen (secondary N) is 1. The average molecular weight is 276 g/mol. The van der Waals surface area contributed by atoms with Crippen molar-refractivity contribution in [2.45, 2.75) is 20.3 Å². The zero-order chi connectivity index (χ0) is 14.5. The number of hydrogen-bond acceptors (Lipinski definition) is 3. The van der Waals surface area contributed by atoms with Gasteiger partial charge in [0.05, 0.1) is 13.7 Å². The molecule has 1 aliphatic heterocycles. The molecule has 2 rings (SSSR count).